The van der Waals surface area contributed by atoms with Crippen LogP contribution in [0.2, 0.25) is 0 Å². The van der Waals surface area contributed by atoms with Crippen LogP contribution in [0.25, 0.3) is 11.1 Å². The standard InChI is InChI=1S/C21H23FN2O2.C2HF3O2/c1-24-11-9-16(10-12-24)20(14-24)26-21(25)23-19-8-7-17(22)13-18(19)15-5-3-2-4-6-15;3-2(4,5)1(6)7/h2-8,13,16,20H,9-12,14H2,1H3;(H,6,7)/t16?,20-,24?;/m0./s1. The number of rotatable bonds is 3. The van der Waals surface area contributed by atoms with Crippen LogP contribution in [-0.4, -0.2) is 55.5 Å². The number of quaternary nitrogens is 1. The van der Waals surface area contributed by atoms with Crippen LogP contribution < -0.4 is 10.4 Å². The van der Waals surface area contributed by atoms with Crippen molar-refractivity contribution in [2.75, 3.05) is 32.0 Å². The van der Waals surface area contributed by atoms with Crippen LogP contribution in [0.3, 0.4) is 0 Å². The van der Waals surface area contributed by atoms with Gasteiger partial charge in [0.25, 0.3) is 0 Å². The Balaban J connectivity index is 0.000000383. The van der Waals surface area contributed by atoms with E-state index in [2.05, 4.69) is 12.4 Å². The number of carboxylic acid groups (broad SMARTS) is 1. The number of carbonyl (C=O) groups excluding carboxylic acids is 2. The molecular weight excluding hydrogens is 444 g/mol. The Kier molecular flexibility index (Phi) is 7.26. The number of halogens is 4. The van der Waals surface area contributed by atoms with Gasteiger partial charge in [0.15, 0.2) is 6.10 Å². The van der Waals surface area contributed by atoms with Crippen molar-refractivity contribution in [3.63, 3.8) is 0 Å². The molecule has 1 atom stereocenters. The largest absolute Gasteiger partial charge is 0.542 e. The average molecular weight is 468 g/mol. The molecule has 3 heterocycles. The SMILES string of the molecule is C[N+]12CCC(CC1)[C@@H](OC(=O)Nc1ccc(F)cc1-c1ccccc1)C2.O=C([O-])C(F)(F)F. The van der Waals surface area contributed by atoms with Crippen LogP contribution in [0.5, 0.6) is 0 Å². The molecule has 3 fully saturated rings. The second-order valence-corrected chi connectivity index (χ2v) is 8.50. The molecule has 0 unspecified atom stereocenters. The number of anilines is 1. The van der Waals surface area contributed by atoms with E-state index in [1.165, 1.54) is 25.2 Å². The lowest BCUT2D eigenvalue weighted by molar-refractivity contribution is -0.928. The molecular formula is C23H24F4N2O4. The second-order valence-electron chi connectivity index (χ2n) is 8.50. The first kappa shape index (κ1) is 24.5. The maximum Gasteiger partial charge on any atom is 0.430 e. The zero-order valence-electron chi connectivity index (χ0n) is 17.9. The van der Waals surface area contributed by atoms with Gasteiger partial charge in [-0.15, -0.1) is 0 Å². The number of fused-ring (bicyclic) bond motifs is 3. The molecule has 2 aromatic rings. The highest BCUT2D eigenvalue weighted by atomic mass is 19.4. The van der Waals surface area contributed by atoms with E-state index in [4.69, 9.17) is 14.6 Å². The van der Waals surface area contributed by atoms with Crippen molar-refractivity contribution in [1.82, 2.24) is 0 Å². The zero-order chi connectivity index (χ0) is 24.2. The lowest BCUT2D eigenvalue weighted by Crippen LogP contribution is -2.62. The number of hydrogen-bond acceptors (Lipinski definition) is 4. The minimum atomic E-state index is -5.19. The van der Waals surface area contributed by atoms with Crippen LogP contribution in [0.4, 0.5) is 28.0 Å². The minimum absolute atomic E-state index is 0.0388. The maximum absolute atomic E-state index is 13.7. The number of carbonyl (C=O) groups is 2. The molecule has 3 saturated heterocycles. The third-order valence-electron chi connectivity index (χ3n) is 6.02. The molecule has 6 nitrogen and oxygen atoms in total. The van der Waals surface area contributed by atoms with Gasteiger partial charge in [-0.05, 0) is 23.8 Å². The first-order valence-electron chi connectivity index (χ1n) is 10.4. The maximum atomic E-state index is 13.7. The van der Waals surface area contributed by atoms with Gasteiger partial charge in [-0.1, -0.05) is 30.3 Å². The third-order valence-corrected chi connectivity index (χ3v) is 6.02. The minimum Gasteiger partial charge on any atom is -0.542 e. The van der Waals surface area contributed by atoms with Crippen molar-refractivity contribution in [1.29, 1.82) is 0 Å². The molecule has 2 aromatic carbocycles. The molecule has 3 aliphatic rings. The first-order valence-corrected chi connectivity index (χ1v) is 10.4. The highest BCUT2D eigenvalue weighted by Crippen LogP contribution is 2.34. The van der Waals surface area contributed by atoms with Crippen molar-refractivity contribution < 1.29 is 41.5 Å². The molecule has 0 radical (unpaired) electrons. The molecule has 1 N–H and O–H groups in total. The van der Waals surface area contributed by atoms with E-state index < -0.39 is 18.2 Å². The fourth-order valence-corrected chi connectivity index (χ4v) is 4.24. The summed E-state index contributed by atoms with van der Waals surface area (Å²) < 4.78 is 52.0. The second kappa shape index (κ2) is 9.78. The number of alkyl halides is 3. The van der Waals surface area contributed by atoms with Crippen molar-refractivity contribution >= 4 is 17.7 Å². The molecule has 178 valence electrons. The fraction of sp³-hybridized carbons (Fsp3) is 0.391. The molecule has 1 amide bonds. The zero-order valence-corrected chi connectivity index (χ0v) is 17.9. The van der Waals surface area contributed by atoms with Gasteiger partial charge in [0.1, 0.15) is 18.3 Å². The molecule has 10 heteroatoms. The number of benzene rings is 2. The van der Waals surface area contributed by atoms with Crippen LogP contribution in [0.1, 0.15) is 12.8 Å². The quantitative estimate of drug-likeness (QED) is 0.552. The molecule has 0 aliphatic carbocycles. The van der Waals surface area contributed by atoms with Crippen molar-refractivity contribution in [3.05, 3.63) is 54.3 Å². The number of ether oxygens (including phenoxy) is 1. The number of piperidine rings is 3. The van der Waals surface area contributed by atoms with Crippen molar-refractivity contribution in [3.8, 4) is 11.1 Å². The van der Waals surface area contributed by atoms with E-state index >= 15 is 0 Å². The van der Waals surface area contributed by atoms with Crippen LogP contribution >= 0.6 is 0 Å². The highest BCUT2D eigenvalue weighted by molar-refractivity contribution is 5.91. The summed E-state index contributed by atoms with van der Waals surface area (Å²) in [6, 6.07) is 13.8. The van der Waals surface area contributed by atoms with Gasteiger partial charge in [0, 0.05) is 24.3 Å². The average Bonchev–Trinajstić information content (AvgIpc) is 2.75. The number of nitrogens with zero attached hydrogens (tertiary/aromatic N) is 1. The normalized spacial score (nSPS) is 23.8. The Hall–Kier alpha value is -3.14. The Labute approximate surface area is 188 Å². The van der Waals surface area contributed by atoms with Crippen LogP contribution in [-0.2, 0) is 9.53 Å². The van der Waals surface area contributed by atoms with E-state index in [0.717, 1.165) is 29.4 Å². The lowest BCUT2D eigenvalue weighted by atomic mass is 9.84. The summed E-state index contributed by atoms with van der Waals surface area (Å²) in [5.74, 6) is -2.88. The number of carboxylic acids is 1. The van der Waals surface area contributed by atoms with E-state index in [9.17, 15) is 22.4 Å². The third kappa shape index (κ3) is 6.44. The number of hydrogen-bond donors (Lipinski definition) is 1. The lowest BCUT2D eigenvalue weighted by Gasteiger charge is -2.49. The number of aliphatic carboxylic acids is 1. The summed E-state index contributed by atoms with van der Waals surface area (Å²) in [6.07, 6.45) is -3.47. The predicted molar refractivity (Wildman–Crippen MR) is 110 cm³/mol. The Morgan fingerprint density at radius 1 is 1.09 bits per heavy atom. The number of amides is 1. The van der Waals surface area contributed by atoms with Crippen LogP contribution in [0, 0.1) is 11.7 Å². The van der Waals surface area contributed by atoms with Gasteiger partial charge >= 0.3 is 12.3 Å². The highest BCUT2D eigenvalue weighted by Gasteiger charge is 2.45. The van der Waals surface area contributed by atoms with Crippen molar-refractivity contribution in [2.45, 2.75) is 25.1 Å². The molecule has 0 spiro atoms. The fourth-order valence-electron chi connectivity index (χ4n) is 4.24. The van der Waals surface area contributed by atoms with Crippen LogP contribution in [0.15, 0.2) is 48.5 Å². The van der Waals surface area contributed by atoms with E-state index in [0.29, 0.717) is 17.2 Å². The van der Waals surface area contributed by atoms with E-state index in [-0.39, 0.29) is 11.9 Å². The van der Waals surface area contributed by atoms with Gasteiger partial charge in [-0.25, -0.2) is 9.18 Å². The first-order chi connectivity index (χ1) is 15.5. The summed E-state index contributed by atoms with van der Waals surface area (Å²) in [5.41, 5.74) is 2.06. The van der Waals surface area contributed by atoms with Gasteiger partial charge in [-0.2, -0.15) is 13.2 Å². The smallest absolute Gasteiger partial charge is 0.430 e. The Bertz CT molecular complexity index is 990. The molecule has 3 aliphatic heterocycles. The van der Waals surface area contributed by atoms with Gasteiger partial charge in [0.2, 0.25) is 0 Å². The van der Waals surface area contributed by atoms with E-state index in [1.807, 2.05) is 30.3 Å². The number of likely N-dealkylation sites (N-methyl/N-ethyl adjacent to an activating group) is 1. The van der Waals surface area contributed by atoms with Gasteiger partial charge in [0.05, 0.1) is 25.8 Å². The summed E-state index contributed by atoms with van der Waals surface area (Å²) in [6.45, 7) is 3.22. The Morgan fingerprint density at radius 3 is 2.24 bits per heavy atom. The van der Waals surface area contributed by atoms with Gasteiger partial charge < -0.3 is 19.1 Å². The predicted octanol–water partition coefficient (Wildman–Crippen LogP) is 3.58. The summed E-state index contributed by atoms with van der Waals surface area (Å²) >= 11 is 0. The summed E-state index contributed by atoms with van der Waals surface area (Å²) in [5, 5.41) is 11.6. The molecule has 0 saturated carbocycles. The molecule has 5 rings (SSSR count). The molecule has 33 heavy (non-hydrogen) atoms. The van der Waals surface area contributed by atoms with Gasteiger partial charge in [-0.3, -0.25) is 5.32 Å². The van der Waals surface area contributed by atoms with E-state index in [1.54, 1.807) is 6.07 Å². The van der Waals surface area contributed by atoms with Crippen molar-refractivity contribution in [2.24, 2.45) is 5.92 Å². The molecule has 0 aromatic heterocycles. The Morgan fingerprint density at radius 2 is 1.70 bits per heavy atom. The summed E-state index contributed by atoms with van der Waals surface area (Å²) in [7, 11) is 2.23. The number of nitrogens with one attached hydrogen (secondary N) is 1. The monoisotopic (exact) mass is 468 g/mol. The topological polar surface area (TPSA) is 78.5 Å². The summed E-state index contributed by atoms with van der Waals surface area (Å²) in [4.78, 5) is 21.3. The molecule has 2 bridgehead atoms.